The van der Waals surface area contributed by atoms with Crippen LogP contribution in [0.25, 0.3) is 10.1 Å². The monoisotopic (exact) mass is 449 g/mol. The van der Waals surface area contributed by atoms with Gasteiger partial charge in [-0.15, -0.1) is 11.3 Å². The summed E-state index contributed by atoms with van der Waals surface area (Å²) in [5.41, 5.74) is 2.33. The smallest absolute Gasteiger partial charge is 0.350 e. The van der Waals surface area contributed by atoms with Crippen LogP contribution in [-0.4, -0.2) is 35.6 Å². The Kier molecular flexibility index (Phi) is 5.95. The molecule has 1 aliphatic rings. The SMILES string of the molecule is Cc1cc(C(=O)COC(=O)c2sc3cc(F)ccc3c2Cl)c(C)n1CC1CCCO1. The van der Waals surface area contributed by atoms with E-state index in [1.54, 1.807) is 0 Å². The van der Waals surface area contributed by atoms with Gasteiger partial charge in [0.2, 0.25) is 5.78 Å². The van der Waals surface area contributed by atoms with Crippen LogP contribution in [0.15, 0.2) is 24.3 Å². The molecule has 1 fully saturated rings. The molecule has 0 N–H and O–H groups in total. The van der Waals surface area contributed by atoms with E-state index in [1.165, 1.54) is 18.2 Å². The van der Waals surface area contributed by atoms with Gasteiger partial charge in [0.05, 0.1) is 11.1 Å². The number of Topliss-reactive ketones (excluding diaryl/α,β-unsaturated/α-hetero) is 1. The molecular weight excluding hydrogens is 429 g/mol. The molecule has 3 aromatic rings. The number of aromatic nitrogens is 1. The topological polar surface area (TPSA) is 57.5 Å². The average molecular weight is 450 g/mol. The molecule has 30 heavy (non-hydrogen) atoms. The molecule has 1 aliphatic heterocycles. The number of halogens is 2. The maximum atomic E-state index is 13.4. The summed E-state index contributed by atoms with van der Waals surface area (Å²) in [6.45, 7) is 4.93. The number of nitrogens with zero attached hydrogens (tertiary/aromatic N) is 1. The summed E-state index contributed by atoms with van der Waals surface area (Å²) in [7, 11) is 0. The molecule has 1 aromatic carbocycles. The molecule has 0 aliphatic carbocycles. The molecular formula is C22H21ClFNO4S. The van der Waals surface area contributed by atoms with Gasteiger partial charge in [-0.05, 0) is 51.0 Å². The van der Waals surface area contributed by atoms with Crippen LogP contribution in [0, 0.1) is 19.7 Å². The van der Waals surface area contributed by atoms with Crippen molar-refractivity contribution in [1.82, 2.24) is 4.57 Å². The van der Waals surface area contributed by atoms with Gasteiger partial charge in [-0.25, -0.2) is 9.18 Å². The Bertz CT molecular complexity index is 1130. The number of rotatable bonds is 6. The molecule has 0 amide bonds. The highest BCUT2D eigenvalue weighted by Gasteiger charge is 2.23. The van der Waals surface area contributed by atoms with Crippen molar-refractivity contribution in [2.24, 2.45) is 0 Å². The number of fused-ring (bicyclic) bond motifs is 1. The fraction of sp³-hybridized carbons (Fsp3) is 0.364. The zero-order valence-electron chi connectivity index (χ0n) is 16.7. The third kappa shape index (κ3) is 4.02. The summed E-state index contributed by atoms with van der Waals surface area (Å²) in [5.74, 6) is -1.38. The summed E-state index contributed by atoms with van der Waals surface area (Å²) >= 11 is 7.30. The number of thiophene rings is 1. The molecule has 158 valence electrons. The van der Waals surface area contributed by atoms with E-state index in [-0.39, 0.29) is 28.4 Å². The first kappa shape index (κ1) is 21.0. The van der Waals surface area contributed by atoms with Gasteiger partial charge in [-0.3, -0.25) is 4.79 Å². The van der Waals surface area contributed by atoms with E-state index in [0.29, 0.717) is 22.2 Å². The lowest BCUT2D eigenvalue weighted by atomic mass is 10.1. The summed E-state index contributed by atoms with van der Waals surface area (Å²) in [6, 6.07) is 5.94. The van der Waals surface area contributed by atoms with Crippen molar-refractivity contribution in [2.45, 2.75) is 39.3 Å². The van der Waals surface area contributed by atoms with Crippen molar-refractivity contribution in [3.8, 4) is 0 Å². The van der Waals surface area contributed by atoms with Gasteiger partial charge in [0, 0.05) is 40.2 Å². The molecule has 0 saturated carbocycles. The Hall–Kier alpha value is -2.22. The van der Waals surface area contributed by atoms with Crippen LogP contribution in [0.2, 0.25) is 5.02 Å². The molecule has 1 unspecified atom stereocenters. The van der Waals surface area contributed by atoms with Crippen molar-refractivity contribution < 1.29 is 23.5 Å². The van der Waals surface area contributed by atoms with E-state index in [9.17, 15) is 14.0 Å². The van der Waals surface area contributed by atoms with Gasteiger partial charge in [0.15, 0.2) is 6.61 Å². The second kappa shape index (κ2) is 8.49. The number of benzene rings is 1. The Labute approximate surface area is 182 Å². The quantitative estimate of drug-likeness (QED) is 0.377. The van der Waals surface area contributed by atoms with Crippen LogP contribution in [0.5, 0.6) is 0 Å². The van der Waals surface area contributed by atoms with Gasteiger partial charge in [0.1, 0.15) is 10.7 Å². The van der Waals surface area contributed by atoms with Crippen LogP contribution in [0.1, 0.15) is 44.3 Å². The van der Waals surface area contributed by atoms with E-state index in [1.807, 2.05) is 19.9 Å². The third-order valence-corrected chi connectivity index (χ3v) is 7.03. The standard InChI is InChI=1S/C22H21ClFNO4S/c1-12-8-17(13(2)25(12)10-15-4-3-7-28-15)18(26)11-29-22(27)21-20(23)16-6-5-14(24)9-19(16)30-21/h5-6,8-9,15H,3-4,7,10-11H2,1-2H3. The normalized spacial score (nSPS) is 16.3. The van der Waals surface area contributed by atoms with E-state index in [0.717, 1.165) is 42.2 Å². The van der Waals surface area contributed by atoms with Gasteiger partial charge >= 0.3 is 5.97 Å². The largest absolute Gasteiger partial charge is 0.453 e. The van der Waals surface area contributed by atoms with E-state index in [4.69, 9.17) is 21.1 Å². The number of hydrogen-bond donors (Lipinski definition) is 0. The molecule has 2 aromatic heterocycles. The Morgan fingerprint density at radius 3 is 2.87 bits per heavy atom. The first-order valence-corrected chi connectivity index (χ1v) is 10.9. The zero-order chi connectivity index (χ0) is 21.4. The maximum absolute atomic E-state index is 13.4. The van der Waals surface area contributed by atoms with Gasteiger partial charge < -0.3 is 14.0 Å². The van der Waals surface area contributed by atoms with Crippen molar-refractivity contribution in [2.75, 3.05) is 13.2 Å². The lowest BCUT2D eigenvalue weighted by Crippen LogP contribution is -2.18. The van der Waals surface area contributed by atoms with Crippen LogP contribution in [0.3, 0.4) is 0 Å². The fourth-order valence-electron chi connectivity index (χ4n) is 3.80. The number of carbonyl (C=O) groups is 2. The van der Waals surface area contributed by atoms with E-state index in [2.05, 4.69) is 4.57 Å². The predicted molar refractivity (Wildman–Crippen MR) is 114 cm³/mol. The highest BCUT2D eigenvalue weighted by atomic mass is 35.5. The number of ether oxygens (including phenoxy) is 2. The zero-order valence-corrected chi connectivity index (χ0v) is 18.2. The van der Waals surface area contributed by atoms with Gasteiger partial charge in [0.25, 0.3) is 0 Å². The van der Waals surface area contributed by atoms with Crippen molar-refractivity contribution >= 4 is 44.8 Å². The molecule has 8 heteroatoms. The molecule has 5 nitrogen and oxygen atoms in total. The van der Waals surface area contributed by atoms with Crippen molar-refractivity contribution in [3.05, 3.63) is 56.9 Å². The number of aryl methyl sites for hydroxylation is 1. The molecule has 0 spiro atoms. The molecule has 1 saturated heterocycles. The second-order valence-corrected chi connectivity index (χ2v) is 8.85. The van der Waals surface area contributed by atoms with E-state index >= 15 is 0 Å². The lowest BCUT2D eigenvalue weighted by molar-refractivity contribution is 0.0479. The lowest BCUT2D eigenvalue weighted by Gasteiger charge is -2.14. The molecule has 3 heterocycles. The van der Waals surface area contributed by atoms with Gasteiger partial charge in [-0.2, -0.15) is 0 Å². The summed E-state index contributed by atoms with van der Waals surface area (Å²) in [5, 5.41) is 0.793. The fourth-order valence-corrected chi connectivity index (χ4v) is 5.23. The minimum absolute atomic E-state index is 0.161. The Balaban J connectivity index is 1.46. The summed E-state index contributed by atoms with van der Waals surface area (Å²) < 4.78 is 27.0. The Morgan fingerprint density at radius 1 is 1.33 bits per heavy atom. The first-order chi connectivity index (χ1) is 14.3. The minimum atomic E-state index is -0.692. The molecule has 0 bridgehead atoms. The van der Waals surface area contributed by atoms with Crippen molar-refractivity contribution in [3.63, 3.8) is 0 Å². The Morgan fingerprint density at radius 2 is 2.13 bits per heavy atom. The summed E-state index contributed by atoms with van der Waals surface area (Å²) in [4.78, 5) is 25.3. The van der Waals surface area contributed by atoms with Crippen LogP contribution in [-0.2, 0) is 16.0 Å². The number of carbonyl (C=O) groups excluding carboxylic acids is 2. The summed E-state index contributed by atoms with van der Waals surface area (Å²) in [6.07, 6.45) is 2.23. The minimum Gasteiger partial charge on any atom is -0.453 e. The van der Waals surface area contributed by atoms with Gasteiger partial charge in [-0.1, -0.05) is 11.6 Å². The average Bonchev–Trinajstić information content (AvgIpc) is 3.41. The van der Waals surface area contributed by atoms with Crippen molar-refractivity contribution in [1.29, 1.82) is 0 Å². The molecule has 0 radical (unpaired) electrons. The molecule has 4 rings (SSSR count). The number of hydrogen-bond acceptors (Lipinski definition) is 5. The molecule has 1 atom stereocenters. The second-order valence-electron chi connectivity index (χ2n) is 7.42. The number of ketones is 1. The maximum Gasteiger partial charge on any atom is 0.350 e. The third-order valence-electron chi connectivity index (χ3n) is 5.40. The number of esters is 1. The highest BCUT2D eigenvalue weighted by molar-refractivity contribution is 7.21. The van der Waals surface area contributed by atoms with E-state index < -0.39 is 11.8 Å². The van der Waals surface area contributed by atoms with Crippen LogP contribution < -0.4 is 0 Å². The highest BCUT2D eigenvalue weighted by Crippen LogP contribution is 2.36. The predicted octanol–water partition coefficient (Wildman–Crippen LogP) is 5.33. The van der Waals surface area contributed by atoms with Crippen LogP contribution >= 0.6 is 22.9 Å². The first-order valence-electron chi connectivity index (χ1n) is 9.71. The van der Waals surface area contributed by atoms with Crippen LogP contribution in [0.4, 0.5) is 4.39 Å².